The molecule has 0 spiro atoms. The van der Waals surface area contributed by atoms with Gasteiger partial charge in [-0.2, -0.15) is 4.98 Å². The average Bonchev–Trinajstić information content (AvgIpc) is 3.31. The van der Waals surface area contributed by atoms with Crippen LogP contribution in [0.5, 0.6) is 17.6 Å². The molecule has 2 heterocycles. The quantitative estimate of drug-likeness (QED) is 0.780. The minimum absolute atomic E-state index is 0.128. The highest BCUT2D eigenvalue weighted by Crippen LogP contribution is 2.52. The number of nitrogens with zero attached hydrogens (tertiary/aromatic N) is 3. The standard InChI is InChI=1S/C23H31N3O4/c1-14-15(2)20(28-3)7-6-16(14)11-26-12-17-8-9-23(27,19(17)13-26)18-10-24-22(30-5)25-21(18)29-4/h6-7,10,17,19,27H,8-9,11-13H2,1-5H3/t17-,19+,23+/m0/s1. The molecule has 1 aromatic heterocycles. The van der Waals surface area contributed by atoms with Crippen LogP contribution in [0.1, 0.15) is 35.1 Å². The summed E-state index contributed by atoms with van der Waals surface area (Å²) >= 11 is 0. The molecule has 4 rings (SSSR count). The van der Waals surface area contributed by atoms with Crippen molar-refractivity contribution in [1.82, 2.24) is 14.9 Å². The SMILES string of the molecule is COc1ncc([C@]2(O)CC[C@H]3CN(Cc4ccc(OC)c(C)c4C)C[C@H]32)c(OC)n1. The molecule has 30 heavy (non-hydrogen) atoms. The van der Waals surface area contributed by atoms with Gasteiger partial charge in [0.05, 0.1) is 26.9 Å². The van der Waals surface area contributed by atoms with Crippen LogP contribution in [0, 0.1) is 25.7 Å². The summed E-state index contributed by atoms with van der Waals surface area (Å²) in [6.07, 6.45) is 3.34. The second-order valence-corrected chi connectivity index (χ2v) is 8.48. The van der Waals surface area contributed by atoms with Gasteiger partial charge in [0, 0.05) is 31.7 Å². The van der Waals surface area contributed by atoms with Crippen molar-refractivity contribution in [2.45, 2.75) is 38.8 Å². The number of hydrogen-bond donors (Lipinski definition) is 1. The van der Waals surface area contributed by atoms with Crippen LogP contribution in [0.4, 0.5) is 0 Å². The second kappa shape index (κ2) is 8.04. The van der Waals surface area contributed by atoms with Crippen molar-refractivity contribution in [3.05, 3.63) is 40.6 Å². The summed E-state index contributed by atoms with van der Waals surface area (Å²) in [6.45, 7) is 6.94. The Labute approximate surface area is 178 Å². The van der Waals surface area contributed by atoms with E-state index in [9.17, 15) is 5.11 Å². The molecule has 0 unspecified atom stereocenters. The van der Waals surface area contributed by atoms with Crippen LogP contribution in [0.2, 0.25) is 0 Å². The van der Waals surface area contributed by atoms with Gasteiger partial charge in [0.15, 0.2) is 0 Å². The van der Waals surface area contributed by atoms with E-state index >= 15 is 0 Å². The van der Waals surface area contributed by atoms with E-state index in [2.05, 4.69) is 34.8 Å². The maximum absolute atomic E-state index is 11.7. The molecule has 3 atom stereocenters. The molecule has 1 saturated heterocycles. The van der Waals surface area contributed by atoms with E-state index in [-0.39, 0.29) is 11.9 Å². The minimum Gasteiger partial charge on any atom is -0.496 e. The summed E-state index contributed by atoms with van der Waals surface area (Å²) < 4.78 is 16.0. The topological polar surface area (TPSA) is 76.9 Å². The molecule has 0 radical (unpaired) electrons. The van der Waals surface area contributed by atoms with E-state index in [1.54, 1.807) is 20.4 Å². The van der Waals surface area contributed by atoms with Gasteiger partial charge in [0.1, 0.15) is 11.4 Å². The molecule has 1 N–H and O–H groups in total. The Kier molecular flexibility index (Phi) is 5.59. The highest BCUT2D eigenvalue weighted by Gasteiger charge is 2.53. The van der Waals surface area contributed by atoms with Crippen LogP contribution in [0.15, 0.2) is 18.3 Å². The zero-order valence-electron chi connectivity index (χ0n) is 18.4. The first-order chi connectivity index (χ1) is 14.4. The van der Waals surface area contributed by atoms with E-state index in [0.29, 0.717) is 23.8 Å². The first kappa shape index (κ1) is 20.9. The number of aromatic nitrogens is 2. The molecule has 0 amide bonds. The molecule has 2 aliphatic rings. The van der Waals surface area contributed by atoms with Gasteiger partial charge in [-0.15, -0.1) is 0 Å². The molecule has 162 valence electrons. The van der Waals surface area contributed by atoms with Gasteiger partial charge in [-0.3, -0.25) is 4.90 Å². The Balaban J connectivity index is 1.56. The smallest absolute Gasteiger partial charge is 0.319 e. The summed E-state index contributed by atoms with van der Waals surface area (Å²) in [4.78, 5) is 11.0. The summed E-state index contributed by atoms with van der Waals surface area (Å²) in [7, 11) is 4.80. The highest BCUT2D eigenvalue weighted by atomic mass is 16.5. The maximum Gasteiger partial charge on any atom is 0.319 e. The molecule has 7 heteroatoms. The number of benzene rings is 1. The Bertz CT molecular complexity index is 935. The van der Waals surface area contributed by atoms with Crippen molar-refractivity contribution in [2.24, 2.45) is 11.8 Å². The van der Waals surface area contributed by atoms with Crippen LogP contribution in [0.3, 0.4) is 0 Å². The predicted molar refractivity (Wildman–Crippen MR) is 113 cm³/mol. The average molecular weight is 414 g/mol. The zero-order valence-corrected chi connectivity index (χ0v) is 18.4. The van der Waals surface area contributed by atoms with Gasteiger partial charge in [-0.1, -0.05) is 6.07 Å². The molecular formula is C23H31N3O4. The number of rotatable bonds is 6. The molecule has 1 saturated carbocycles. The maximum atomic E-state index is 11.7. The van der Waals surface area contributed by atoms with Crippen molar-refractivity contribution in [1.29, 1.82) is 0 Å². The Morgan fingerprint density at radius 2 is 1.90 bits per heavy atom. The lowest BCUT2D eigenvalue weighted by Crippen LogP contribution is -2.35. The first-order valence-corrected chi connectivity index (χ1v) is 10.4. The van der Waals surface area contributed by atoms with E-state index in [1.165, 1.54) is 23.8 Å². The first-order valence-electron chi connectivity index (χ1n) is 10.4. The number of fused-ring (bicyclic) bond motifs is 1. The van der Waals surface area contributed by atoms with Crippen LogP contribution in [0.25, 0.3) is 0 Å². The van der Waals surface area contributed by atoms with Gasteiger partial charge < -0.3 is 19.3 Å². The third-order valence-corrected chi connectivity index (χ3v) is 7.06. The zero-order chi connectivity index (χ0) is 21.5. The molecule has 0 bridgehead atoms. The number of ether oxygens (including phenoxy) is 3. The van der Waals surface area contributed by atoms with E-state index in [0.717, 1.165) is 31.8 Å². The highest BCUT2D eigenvalue weighted by molar-refractivity contribution is 5.43. The molecule has 1 aliphatic carbocycles. The fraction of sp³-hybridized carbons (Fsp3) is 0.565. The van der Waals surface area contributed by atoms with E-state index in [1.807, 2.05) is 6.07 Å². The van der Waals surface area contributed by atoms with E-state index in [4.69, 9.17) is 14.2 Å². The van der Waals surface area contributed by atoms with Crippen molar-refractivity contribution in [2.75, 3.05) is 34.4 Å². The fourth-order valence-electron chi connectivity index (χ4n) is 5.24. The lowest BCUT2D eigenvalue weighted by Gasteiger charge is -2.31. The normalized spacial score (nSPS) is 25.9. The third-order valence-electron chi connectivity index (χ3n) is 7.06. The monoisotopic (exact) mass is 413 g/mol. The molecular weight excluding hydrogens is 382 g/mol. The lowest BCUT2D eigenvalue weighted by molar-refractivity contribution is -0.00972. The minimum atomic E-state index is -0.984. The molecule has 2 fully saturated rings. The van der Waals surface area contributed by atoms with Gasteiger partial charge in [-0.25, -0.2) is 4.98 Å². The van der Waals surface area contributed by atoms with Gasteiger partial charge in [-0.05, 0) is 55.4 Å². The number of aliphatic hydroxyl groups is 1. The molecule has 7 nitrogen and oxygen atoms in total. The lowest BCUT2D eigenvalue weighted by atomic mass is 9.83. The van der Waals surface area contributed by atoms with Crippen LogP contribution in [-0.4, -0.2) is 54.4 Å². The molecule has 1 aliphatic heterocycles. The van der Waals surface area contributed by atoms with Gasteiger partial charge >= 0.3 is 6.01 Å². The van der Waals surface area contributed by atoms with Crippen molar-refractivity contribution in [3.8, 4) is 17.6 Å². The molecule has 1 aromatic carbocycles. The van der Waals surface area contributed by atoms with Crippen molar-refractivity contribution >= 4 is 0 Å². The third kappa shape index (κ3) is 3.40. The van der Waals surface area contributed by atoms with Gasteiger partial charge in [0.25, 0.3) is 0 Å². The van der Waals surface area contributed by atoms with Crippen LogP contribution >= 0.6 is 0 Å². The predicted octanol–water partition coefficient (Wildman–Crippen LogP) is 2.85. The van der Waals surface area contributed by atoms with Crippen molar-refractivity contribution < 1.29 is 19.3 Å². The second-order valence-electron chi connectivity index (χ2n) is 8.48. The Morgan fingerprint density at radius 1 is 1.10 bits per heavy atom. The summed E-state index contributed by atoms with van der Waals surface area (Å²) in [5, 5.41) is 11.7. The Morgan fingerprint density at radius 3 is 2.60 bits per heavy atom. The van der Waals surface area contributed by atoms with Crippen LogP contribution < -0.4 is 14.2 Å². The molecule has 2 aromatic rings. The Hall–Kier alpha value is -2.38. The van der Waals surface area contributed by atoms with Crippen molar-refractivity contribution in [3.63, 3.8) is 0 Å². The number of methoxy groups -OCH3 is 3. The number of likely N-dealkylation sites (tertiary alicyclic amines) is 1. The summed E-state index contributed by atoms with van der Waals surface area (Å²) in [5.74, 6) is 1.89. The largest absolute Gasteiger partial charge is 0.496 e. The fourth-order valence-corrected chi connectivity index (χ4v) is 5.24. The van der Waals surface area contributed by atoms with Gasteiger partial charge in [0.2, 0.25) is 5.88 Å². The number of hydrogen-bond acceptors (Lipinski definition) is 7. The van der Waals surface area contributed by atoms with Crippen LogP contribution in [-0.2, 0) is 12.1 Å². The summed E-state index contributed by atoms with van der Waals surface area (Å²) in [5.41, 5.74) is 3.44. The summed E-state index contributed by atoms with van der Waals surface area (Å²) in [6, 6.07) is 4.44. The van der Waals surface area contributed by atoms with E-state index < -0.39 is 5.60 Å².